The third-order valence-corrected chi connectivity index (χ3v) is 2.90. The van der Waals surface area contributed by atoms with Crippen LogP contribution in [0.15, 0.2) is 12.2 Å². The second-order valence-corrected chi connectivity index (χ2v) is 3.94. The molecule has 0 unspecified atom stereocenters. The summed E-state index contributed by atoms with van der Waals surface area (Å²) in [4.78, 5) is 0. The van der Waals surface area contributed by atoms with Crippen molar-refractivity contribution in [3.8, 4) is 0 Å². The molecular weight excluding hydrogens is 148 g/mol. The van der Waals surface area contributed by atoms with Gasteiger partial charge in [0.05, 0.1) is 5.41 Å². The van der Waals surface area contributed by atoms with E-state index in [-0.39, 0.29) is 5.41 Å². The molecule has 70 valence electrons. The second kappa shape index (κ2) is 4.66. The van der Waals surface area contributed by atoms with E-state index in [1.807, 2.05) is 0 Å². The van der Waals surface area contributed by atoms with Crippen LogP contribution in [0.1, 0.15) is 45.4 Å². The minimum absolute atomic E-state index is 0.258. The highest BCUT2D eigenvalue weighted by Gasteiger charge is 2.29. The molecule has 1 aliphatic carbocycles. The van der Waals surface area contributed by atoms with E-state index in [4.69, 9.17) is 5.11 Å². The molecular formula is C11H21O+. The minimum Gasteiger partial charge on any atom is -0.445 e. The summed E-state index contributed by atoms with van der Waals surface area (Å²) in [6.45, 7) is 2.81. The van der Waals surface area contributed by atoms with Crippen molar-refractivity contribution < 1.29 is 5.11 Å². The molecule has 12 heavy (non-hydrogen) atoms. The number of allylic oxidation sites excluding steroid dienone is 1. The number of rotatable bonds is 4. The Kier molecular flexibility index (Phi) is 3.80. The van der Waals surface area contributed by atoms with Crippen molar-refractivity contribution in [2.75, 3.05) is 6.61 Å². The van der Waals surface area contributed by atoms with Crippen molar-refractivity contribution in [1.29, 1.82) is 0 Å². The highest BCUT2D eigenvalue weighted by atomic mass is 16.3. The molecule has 0 saturated carbocycles. The lowest BCUT2D eigenvalue weighted by Crippen LogP contribution is -2.24. The lowest BCUT2D eigenvalue weighted by atomic mass is 9.76. The molecule has 0 aromatic heterocycles. The Hall–Kier alpha value is -0.300. The van der Waals surface area contributed by atoms with Gasteiger partial charge in [-0.05, 0) is 25.7 Å². The topological polar surface area (TPSA) is 22.9 Å². The van der Waals surface area contributed by atoms with Gasteiger partial charge in [-0.25, -0.2) is 0 Å². The average molecular weight is 169 g/mol. The lowest BCUT2D eigenvalue weighted by molar-refractivity contribution is 0.140. The second-order valence-electron chi connectivity index (χ2n) is 3.94. The van der Waals surface area contributed by atoms with Crippen molar-refractivity contribution >= 4 is 0 Å². The molecule has 0 fully saturated rings. The molecule has 0 bridgehead atoms. The predicted octanol–water partition coefficient (Wildman–Crippen LogP) is 2.63. The van der Waals surface area contributed by atoms with Crippen molar-refractivity contribution in [3.05, 3.63) is 12.2 Å². The molecule has 2 N–H and O–H groups in total. The maximum absolute atomic E-state index is 7.57. The van der Waals surface area contributed by atoms with Gasteiger partial charge < -0.3 is 5.11 Å². The SMILES string of the molecule is CCCC[C@]1(C[OH2+])C=CCCC1. The Balaban J connectivity index is 2.48. The summed E-state index contributed by atoms with van der Waals surface area (Å²) in [5.74, 6) is 0. The van der Waals surface area contributed by atoms with E-state index >= 15 is 0 Å². The van der Waals surface area contributed by atoms with Gasteiger partial charge in [0.15, 0.2) is 6.61 Å². The summed E-state index contributed by atoms with van der Waals surface area (Å²) in [6, 6.07) is 0. The fourth-order valence-electron chi connectivity index (χ4n) is 1.96. The van der Waals surface area contributed by atoms with Gasteiger partial charge in [-0.15, -0.1) is 0 Å². The molecule has 1 atom stereocenters. The van der Waals surface area contributed by atoms with E-state index in [2.05, 4.69) is 19.1 Å². The van der Waals surface area contributed by atoms with Gasteiger partial charge in [0.25, 0.3) is 0 Å². The van der Waals surface area contributed by atoms with Crippen LogP contribution in [0.2, 0.25) is 0 Å². The van der Waals surface area contributed by atoms with E-state index in [0.717, 1.165) is 0 Å². The maximum Gasteiger partial charge on any atom is 0.152 e. The fourth-order valence-corrected chi connectivity index (χ4v) is 1.96. The smallest absolute Gasteiger partial charge is 0.152 e. The summed E-state index contributed by atoms with van der Waals surface area (Å²) in [5, 5.41) is 7.57. The normalized spacial score (nSPS) is 29.2. The molecule has 1 rings (SSSR count). The Morgan fingerprint density at radius 3 is 2.83 bits per heavy atom. The van der Waals surface area contributed by atoms with Crippen LogP contribution in [0.5, 0.6) is 0 Å². The van der Waals surface area contributed by atoms with Gasteiger partial charge >= 0.3 is 0 Å². The Bertz CT molecular complexity index is 151. The van der Waals surface area contributed by atoms with Crippen LogP contribution in [0.4, 0.5) is 0 Å². The van der Waals surface area contributed by atoms with Crippen molar-refractivity contribution in [2.24, 2.45) is 5.41 Å². The zero-order valence-electron chi connectivity index (χ0n) is 8.10. The summed E-state index contributed by atoms with van der Waals surface area (Å²) >= 11 is 0. The molecule has 1 heteroatoms. The van der Waals surface area contributed by atoms with E-state index < -0.39 is 0 Å². The van der Waals surface area contributed by atoms with Crippen molar-refractivity contribution in [2.45, 2.75) is 45.4 Å². The molecule has 0 radical (unpaired) electrons. The average Bonchev–Trinajstić information content (AvgIpc) is 2.16. The number of unbranched alkanes of at least 4 members (excludes halogenated alkanes) is 1. The Morgan fingerprint density at radius 2 is 2.33 bits per heavy atom. The Morgan fingerprint density at radius 1 is 1.50 bits per heavy atom. The Labute approximate surface area is 75.5 Å². The van der Waals surface area contributed by atoms with E-state index in [0.29, 0.717) is 6.61 Å². The molecule has 0 amide bonds. The molecule has 0 aliphatic heterocycles. The largest absolute Gasteiger partial charge is 0.445 e. The molecule has 0 heterocycles. The van der Waals surface area contributed by atoms with Crippen LogP contribution < -0.4 is 0 Å². The zero-order chi connectivity index (χ0) is 8.86. The molecule has 0 aromatic carbocycles. The van der Waals surface area contributed by atoms with Crippen LogP contribution in [-0.2, 0) is 0 Å². The van der Waals surface area contributed by atoms with E-state index in [1.54, 1.807) is 0 Å². The van der Waals surface area contributed by atoms with Crippen molar-refractivity contribution in [3.63, 3.8) is 0 Å². The van der Waals surface area contributed by atoms with Crippen LogP contribution in [-0.4, -0.2) is 11.7 Å². The standard InChI is InChI=1S/C11H20O/c1-2-3-7-11(10-12)8-5-4-6-9-11/h5,8,12H,2-4,6-7,9-10H2,1H3/p+1/t11-/m0/s1. The zero-order valence-corrected chi connectivity index (χ0v) is 8.10. The fraction of sp³-hybridized carbons (Fsp3) is 0.818. The first-order valence-electron chi connectivity index (χ1n) is 5.15. The summed E-state index contributed by atoms with van der Waals surface area (Å²) in [5.41, 5.74) is 0.258. The van der Waals surface area contributed by atoms with E-state index in [9.17, 15) is 0 Å². The first-order chi connectivity index (χ1) is 5.83. The van der Waals surface area contributed by atoms with E-state index in [1.165, 1.54) is 38.5 Å². The van der Waals surface area contributed by atoms with Crippen LogP contribution in [0.25, 0.3) is 0 Å². The highest BCUT2D eigenvalue weighted by Crippen LogP contribution is 2.35. The first kappa shape index (κ1) is 9.79. The van der Waals surface area contributed by atoms with Gasteiger partial charge in [0.2, 0.25) is 0 Å². The van der Waals surface area contributed by atoms with Gasteiger partial charge in [0.1, 0.15) is 0 Å². The van der Waals surface area contributed by atoms with Gasteiger partial charge in [-0.1, -0.05) is 31.9 Å². The van der Waals surface area contributed by atoms with Crippen LogP contribution >= 0.6 is 0 Å². The van der Waals surface area contributed by atoms with Gasteiger partial charge in [0, 0.05) is 0 Å². The monoisotopic (exact) mass is 169 g/mol. The summed E-state index contributed by atoms with van der Waals surface area (Å²) < 4.78 is 0. The highest BCUT2D eigenvalue weighted by molar-refractivity contribution is 5.03. The molecule has 0 aromatic rings. The van der Waals surface area contributed by atoms with Crippen LogP contribution in [0, 0.1) is 5.41 Å². The number of hydrogen-bond acceptors (Lipinski definition) is 0. The van der Waals surface area contributed by atoms with Crippen molar-refractivity contribution in [1.82, 2.24) is 0 Å². The number of hydrogen-bond donors (Lipinski definition) is 0. The third kappa shape index (κ3) is 2.34. The maximum atomic E-state index is 7.57. The van der Waals surface area contributed by atoms with Gasteiger partial charge in [-0.2, -0.15) is 0 Å². The quantitative estimate of drug-likeness (QED) is 0.456. The van der Waals surface area contributed by atoms with Crippen LogP contribution in [0.3, 0.4) is 0 Å². The predicted molar refractivity (Wildman–Crippen MR) is 53.4 cm³/mol. The summed E-state index contributed by atoms with van der Waals surface area (Å²) in [6.07, 6.45) is 12.1. The minimum atomic E-state index is 0.258. The lowest BCUT2D eigenvalue weighted by Gasteiger charge is -2.28. The first-order valence-corrected chi connectivity index (χ1v) is 5.15. The molecule has 1 aliphatic rings. The van der Waals surface area contributed by atoms with Gasteiger partial charge in [-0.3, -0.25) is 0 Å². The molecule has 0 spiro atoms. The summed E-state index contributed by atoms with van der Waals surface area (Å²) in [7, 11) is 0. The third-order valence-electron chi connectivity index (χ3n) is 2.90. The molecule has 1 nitrogen and oxygen atoms in total. The molecule has 0 saturated heterocycles.